The molecule has 0 radical (unpaired) electrons. The van der Waals surface area contributed by atoms with Gasteiger partial charge in [0.25, 0.3) is 5.91 Å². The Bertz CT molecular complexity index is 1990. The Labute approximate surface area is 377 Å². The summed E-state index contributed by atoms with van der Waals surface area (Å²) in [4.78, 5) is 75.4. The third-order valence-corrected chi connectivity index (χ3v) is 12.5. The molecule has 350 valence electrons. The Morgan fingerprint density at radius 1 is 0.969 bits per heavy atom. The molecule has 15 nitrogen and oxygen atoms in total. The van der Waals surface area contributed by atoms with E-state index in [1.165, 1.54) is 11.0 Å². The van der Waals surface area contributed by atoms with Crippen LogP contribution in [-0.4, -0.2) is 113 Å². The first kappa shape index (κ1) is 48.8. The SMILES string of the molecule is CCCCCC1(CCCCC)OC2C3CC4(C(=O)NCc5cccc(C(=O)NC(CO)CCC(=O)OC(C)(C)C)c5)C(ON(Cc5ccc(C=CC(=O)N(C)C)cc5)C4C(=O)O3)C2O1. The molecule has 2 bridgehead atoms. The van der Waals surface area contributed by atoms with Crippen molar-refractivity contribution in [1.82, 2.24) is 20.6 Å². The molecule has 3 aliphatic heterocycles. The molecule has 0 aromatic heterocycles. The lowest BCUT2D eigenvalue weighted by Crippen LogP contribution is -2.69. The number of rotatable bonds is 21. The van der Waals surface area contributed by atoms with Gasteiger partial charge in [0.05, 0.1) is 19.2 Å². The molecular formula is C49H68N4O11. The number of hydrogen-bond donors (Lipinski definition) is 3. The van der Waals surface area contributed by atoms with E-state index in [9.17, 15) is 24.3 Å². The molecule has 3 saturated heterocycles. The number of nitrogens with one attached hydrogen (secondary N) is 2. The number of unbranched alkanes of at least 4 members (excludes halogenated alkanes) is 4. The highest BCUT2D eigenvalue weighted by atomic mass is 16.8. The number of hydroxylamine groups is 2. The van der Waals surface area contributed by atoms with Crippen LogP contribution in [0.4, 0.5) is 0 Å². The maximum atomic E-state index is 15.0. The molecule has 64 heavy (non-hydrogen) atoms. The van der Waals surface area contributed by atoms with E-state index in [2.05, 4.69) is 24.5 Å². The van der Waals surface area contributed by atoms with Gasteiger partial charge in [0.2, 0.25) is 11.8 Å². The quantitative estimate of drug-likeness (QED) is 0.0785. The number of aliphatic hydroxyl groups is 1. The van der Waals surface area contributed by atoms with Crippen LogP contribution in [0.3, 0.4) is 0 Å². The molecule has 4 aliphatic rings. The number of likely N-dealkylation sites (N-methyl/N-ethyl adjacent to an activating group) is 1. The predicted molar refractivity (Wildman–Crippen MR) is 238 cm³/mol. The average Bonchev–Trinajstić information content (AvgIpc) is 3.81. The minimum Gasteiger partial charge on any atom is -0.460 e. The molecule has 1 saturated carbocycles. The van der Waals surface area contributed by atoms with Crippen molar-refractivity contribution in [3.05, 3.63) is 76.9 Å². The van der Waals surface area contributed by atoms with Crippen LogP contribution in [0, 0.1) is 5.41 Å². The second-order valence-electron chi connectivity index (χ2n) is 18.9. The zero-order valence-corrected chi connectivity index (χ0v) is 38.6. The summed E-state index contributed by atoms with van der Waals surface area (Å²) in [5.41, 5.74) is 0.527. The van der Waals surface area contributed by atoms with Crippen LogP contribution in [-0.2, 0) is 56.1 Å². The Morgan fingerprint density at radius 3 is 2.30 bits per heavy atom. The highest BCUT2D eigenvalue weighted by Gasteiger charge is 2.76. The molecule has 3 heterocycles. The number of amides is 3. The third kappa shape index (κ3) is 11.4. The van der Waals surface area contributed by atoms with E-state index in [0.717, 1.165) is 49.7 Å². The first-order valence-corrected chi connectivity index (χ1v) is 23.0. The molecule has 4 fully saturated rings. The highest BCUT2D eigenvalue weighted by Crippen LogP contribution is 2.58. The van der Waals surface area contributed by atoms with E-state index in [0.29, 0.717) is 24.0 Å². The smallest absolute Gasteiger partial charge is 0.327 e. The number of esters is 2. The zero-order chi connectivity index (χ0) is 46.2. The second-order valence-corrected chi connectivity index (χ2v) is 18.9. The van der Waals surface area contributed by atoms with Crippen LogP contribution < -0.4 is 10.6 Å². The van der Waals surface area contributed by atoms with Crippen molar-refractivity contribution in [2.75, 3.05) is 20.7 Å². The minimum atomic E-state index is -1.40. The van der Waals surface area contributed by atoms with Crippen molar-refractivity contribution in [3.63, 3.8) is 0 Å². The molecule has 2 aromatic rings. The molecule has 1 aliphatic carbocycles. The van der Waals surface area contributed by atoms with Gasteiger partial charge in [-0.05, 0) is 74.9 Å². The summed E-state index contributed by atoms with van der Waals surface area (Å²) in [6.07, 6.45) is 7.90. The lowest BCUT2D eigenvalue weighted by Gasteiger charge is -2.48. The Hall–Kier alpha value is -4.67. The molecule has 15 heteroatoms. The lowest BCUT2D eigenvalue weighted by atomic mass is 9.62. The second kappa shape index (κ2) is 21.1. The van der Waals surface area contributed by atoms with E-state index in [1.54, 1.807) is 70.3 Å². The van der Waals surface area contributed by atoms with E-state index in [1.807, 2.05) is 24.3 Å². The van der Waals surface area contributed by atoms with Gasteiger partial charge in [-0.15, -0.1) is 0 Å². The number of hydrogen-bond acceptors (Lipinski definition) is 12. The van der Waals surface area contributed by atoms with Gasteiger partial charge < -0.3 is 39.6 Å². The van der Waals surface area contributed by atoms with Crippen molar-refractivity contribution in [3.8, 4) is 0 Å². The molecule has 6 rings (SSSR count). The van der Waals surface area contributed by atoms with Crippen LogP contribution >= 0.6 is 0 Å². The summed E-state index contributed by atoms with van der Waals surface area (Å²) < 4.78 is 25.5. The summed E-state index contributed by atoms with van der Waals surface area (Å²) in [6, 6.07) is 12.6. The summed E-state index contributed by atoms with van der Waals surface area (Å²) in [5, 5.41) is 17.4. The normalized spacial score (nSPS) is 25.1. The van der Waals surface area contributed by atoms with Gasteiger partial charge in [0, 0.05) is 58.0 Å². The molecular weight excluding hydrogens is 821 g/mol. The molecule has 0 spiro atoms. The highest BCUT2D eigenvalue weighted by molar-refractivity contribution is 5.95. The van der Waals surface area contributed by atoms with Crippen LogP contribution in [0.15, 0.2) is 54.6 Å². The van der Waals surface area contributed by atoms with Crippen molar-refractivity contribution in [1.29, 1.82) is 0 Å². The van der Waals surface area contributed by atoms with Gasteiger partial charge >= 0.3 is 11.9 Å². The summed E-state index contributed by atoms with van der Waals surface area (Å²) in [7, 11) is 3.37. The minimum absolute atomic E-state index is 0.0238. The van der Waals surface area contributed by atoms with Crippen LogP contribution in [0.2, 0.25) is 0 Å². The van der Waals surface area contributed by atoms with Crippen LogP contribution in [0.1, 0.15) is 132 Å². The fourth-order valence-electron chi connectivity index (χ4n) is 9.26. The van der Waals surface area contributed by atoms with Crippen molar-refractivity contribution in [2.24, 2.45) is 5.41 Å². The number of ether oxygens (including phenoxy) is 4. The summed E-state index contributed by atoms with van der Waals surface area (Å²) in [6.45, 7) is 9.46. The first-order chi connectivity index (χ1) is 30.5. The maximum absolute atomic E-state index is 15.0. The fraction of sp³-hybridized carbons (Fsp3) is 0.612. The van der Waals surface area contributed by atoms with Gasteiger partial charge in [-0.1, -0.05) is 75.9 Å². The van der Waals surface area contributed by atoms with E-state index >= 15 is 4.79 Å². The maximum Gasteiger partial charge on any atom is 0.327 e. The fourth-order valence-corrected chi connectivity index (χ4v) is 9.26. The van der Waals surface area contributed by atoms with Crippen LogP contribution in [0.25, 0.3) is 6.08 Å². The van der Waals surface area contributed by atoms with Gasteiger partial charge in [-0.25, -0.2) is 0 Å². The number of benzene rings is 2. The molecule has 7 atom stereocenters. The van der Waals surface area contributed by atoms with Gasteiger partial charge in [-0.3, -0.25) is 28.8 Å². The summed E-state index contributed by atoms with van der Waals surface area (Å²) in [5.74, 6) is -2.88. The largest absolute Gasteiger partial charge is 0.460 e. The average molecular weight is 889 g/mol. The van der Waals surface area contributed by atoms with E-state index in [-0.39, 0.29) is 44.9 Å². The van der Waals surface area contributed by atoms with Gasteiger partial charge in [-0.2, -0.15) is 5.06 Å². The summed E-state index contributed by atoms with van der Waals surface area (Å²) >= 11 is 0. The zero-order valence-electron chi connectivity index (χ0n) is 38.6. The number of nitrogens with zero attached hydrogens (tertiary/aromatic N) is 2. The van der Waals surface area contributed by atoms with Gasteiger partial charge in [0.15, 0.2) is 11.8 Å². The number of carbonyl (C=O) groups is 5. The van der Waals surface area contributed by atoms with Crippen LogP contribution in [0.5, 0.6) is 0 Å². The standard InChI is InChI=1S/C49H68N4O11/c1-8-10-12-25-48(26-13-11-9-2)62-40-37-28-49(46(59)50-29-34-15-14-16-35(27-34)44(57)51-36(31-54)22-24-39(56)61-47(3,4)5)42(45(58)60-37)53(64-43(49)41(40)63-48)30-33-19-17-32(18-20-33)21-23-38(55)52(6)7/h14-21,23,27,36-37,40-43,54H,8-13,22,24-26,28-31H2,1-7H3,(H,50,59)(H,51,57). The Morgan fingerprint density at radius 2 is 1.66 bits per heavy atom. The third-order valence-electron chi connectivity index (χ3n) is 12.5. The lowest BCUT2D eigenvalue weighted by molar-refractivity contribution is -0.224. The molecule has 2 aromatic carbocycles. The van der Waals surface area contributed by atoms with Gasteiger partial charge in [0.1, 0.15) is 35.4 Å². The Kier molecular flexibility index (Phi) is 16.1. The topological polar surface area (TPSA) is 182 Å². The molecule has 3 N–H and O–H groups in total. The number of aliphatic hydroxyl groups excluding tert-OH is 1. The first-order valence-electron chi connectivity index (χ1n) is 23.0. The Balaban J connectivity index is 1.23. The molecule has 7 unspecified atom stereocenters. The van der Waals surface area contributed by atoms with E-state index in [4.69, 9.17) is 23.8 Å². The monoisotopic (exact) mass is 888 g/mol. The number of carbonyl (C=O) groups excluding carboxylic acids is 5. The van der Waals surface area contributed by atoms with Crippen molar-refractivity contribution >= 4 is 35.7 Å². The number of fused-ring (bicyclic) bond motifs is 4. The predicted octanol–water partition coefficient (Wildman–Crippen LogP) is 5.76. The van der Waals surface area contributed by atoms with Crippen molar-refractivity contribution in [2.45, 2.75) is 166 Å². The molecule has 3 amide bonds. The van der Waals surface area contributed by atoms with E-state index < -0.39 is 77.1 Å². The van der Waals surface area contributed by atoms with Crippen molar-refractivity contribution < 1.29 is 52.9 Å².